The maximum absolute atomic E-state index is 13.8. The van der Waals surface area contributed by atoms with Crippen LogP contribution in [0, 0.1) is 28.9 Å². The summed E-state index contributed by atoms with van der Waals surface area (Å²) in [6.07, 6.45) is 1.44. The van der Waals surface area contributed by atoms with E-state index in [1.165, 1.54) is 0 Å². The van der Waals surface area contributed by atoms with Crippen LogP contribution in [0.2, 0.25) is 0 Å². The minimum atomic E-state index is -0.700. The molecule has 0 aliphatic carbocycles. The van der Waals surface area contributed by atoms with Gasteiger partial charge in [0, 0.05) is 19.7 Å². The van der Waals surface area contributed by atoms with Crippen LogP contribution in [-0.2, 0) is 0 Å². The third-order valence-electron chi connectivity index (χ3n) is 3.33. The molecule has 0 amide bonds. The molecule has 2 rings (SSSR count). The molecule has 0 aromatic heterocycles. The largest absolute Gasteiger partial charge is 0.396 e. The fourth-order valence-electron chi connectivity index (χ4n) is 2.27. The van der Waals surface area contributed by atoms with Gasteiger partial charge in [-0.25, -0.2) is 8.78 Å². The van der Waals surface area contributed by atoms with Crippen molar-refractivity contribution < 1.29 is 13.9 Å². The van der Waals surface area contributed by atoms with E-state index in [1.54, 1.807) is 11.0 Å². The summed E-state index contributed by atoms with van der Waals surface area (Å²) in [5.41, 5.74) is -0.0793. The van der Waals surface area contributed by atoms with Gasteiger partial charge in [-0.05, 0) is 30.9 Å². The first-order valence-corrected chi connectivity index (χ1v) is 5.90. The monoisotopic (exact) mass is 252 g/mol. The fraction of sp³-hybridized carbons (Fsp3) is 0.462. The van der Waals surface area contributed by atoms with E-state index in [0.29, 0.717) is 13.1 Å². The highest BCUT2D eigenvalue weighted by Crippen LogP contribution is 2.28. The highest BCUT2D eigenvalue weighted by atomic mass is 19.1. The van der Waals surface area contributed by atoms with Crippen molar-refractivity contribution in [1.82, 2.24) is 0 Å². The van der Waals surface area contributed by atoms with E-state index >= 15 is 0 Å². The smallest absolute Gasteiger partial charge is 0.150 e. The van der Waals surface area contributed by atoms with E-state index in [9.17, 15) is 8.78 Å². The molecular weight excluding hydrogens is 238 g/mol. The van der Waals surface area contributed by atoms with Gasteiger partial charge in [-0.3, -0.25) is 0 Å². The molecule has 96 valence electrons. The summed E-state index contributed by atoms with van der Waals surface area (Å²) < 4.78 is 27.6. The van der Waals surface area contributed by atoms with Crippen LogP contribution < -0.4 is 4.90 Å². The highest BCUT2D eigenvalue weighted by molar-refractivity contribution is 5.52. The van der Waals surface area contributed by atoms with Crippen LogP contribution >= 0.6 is 0 Å². The van der Waals surface area contributed by atoms with Crippen molar-refractivity contribution in [3.05, 3.63) is 29.3 Å². The number of hydrogen-bond donors (Lipinski definition) is 1. The maximum atomic E-state index is 13.8. The average molecular weight is 252 g/mol. The van der Waals surface area contributed by atoms with Crippen LogP contribution in [0.1, 0.15) is 18.4 Å². The van der Waals surface area contributed by atoms with Crippen LogP contribution in [0.4, 0.5) is 14.5 Å². The molecule has 0 radical (unpaired) electrons. The maximum Gasteiger partial charge on any atom is 0.150 e. The second kappa shape index (κ2) is 5.32. The summed E-state index contributed by atoms with van der Waals surface area (Å²) in [6.45, 7) is 1.15. The van der Waals surface area contributed by atoms with Crippen molar-refractivity contribution in [2.75, 3.05) is 24.6 Å². The number of benzene rings is 1. The van der Waals surface area contributed by atoms with Crippen molar-refractivity contribution in [2.45, 2.75) is 12.8 Å². The lowest BCUT2D eigenvalue weighted by molar-refractivity contribution is 0.202. The molecule has 1 aliphatic heterocycles. The molecule has 18 heavy (non-hydrogen) atoms. The van der Waals surface area contributed by atoms with Crippen LogP contribution in [-0.4, -0.2) is 24.8 Å². The number of nitriles is 1. The Morgan fingerprint density at radius 2 is 1.83 bits per heavy atom. The summed E-state index contributed by atoms with van der Waals surface area (Å²) in [5, 5.41) is 17.7. The number of halogens is 2. The Kier molecular flexibility index (Phi) is 3.78. The molecule has 0 saturated carbocycles. The van der Waals surface area contributed by atoms with Crippen molar-refractivity contribution in [1.29, 1.82) is 5.26 Å². The van der Waals surface area contributed by atoms with Gasteiger partial charge in [0.05, 0.1) is 11.6 Å². The quantitative estimate of drug-likeness (QED) is 0.876. The lowest BCUT2D eigenvalue weighted by Crippen LogP contribution is -2.35. The van der Waals surface area contributed by atoms with Crippen LogP contribution in [0.15, 0.2) is 12.1 Å². The number of piperidine rings is 1. The second-order valence-corrected chi connectivity index (χ2v) is 4.51. The van der Waals surface area contributed by atoms with E-state index in [1.807, 2.05) is 0 Å². The SMILES string of the molecule is N#Cc1cc(F)c(N2CCC(CO)CC2)c(F)c1. The topological polar surface area (TPSA) is 47.3 Å². The van der Waals surface area contributed by atoms with Crippen LogP contribution in [0.3, 0.4) is 0 Å². The Morgan fingerprint density at radius 3 is 2.28 bits per heavy atom. The first-order chi connectivity index (χ1) is 8.65. The van der Waals surface area contributed by atoms with E-state index < -0.39 is 11.6 Å². The predicted molar refractivity (Wildman–Crippen MR) is 63.1 cm³/mol. The first kappa shape index (κ1) is 12.8. The Bertz CT molecular complexity index is 453. The molecule has 1 aromatic carbocycles. The molecule has 0 bridgehead atoms. The minimum absolute atomic E-state index is 0.0148. The van der Waals surface area contributed by atoms with E-state index in [0.717, 1.165) is 25.0 Å². The van der Waals surface area contributed by atoms with Gasteiger partial charge < -0.3 is 10.0 Å². The third-order valence-corrected chi connectivity index (χ3v) is 3.33. The van der Waals surface area contributed by atoms with Gasteiger partial charge >= 0.3 is 0 Å². The number of aliphatic hydroxyl groups is 1. The zero-order chi connectivity index (χ0) is 13.1. The van der Waals surface area contributed by atoms with Crippen molar-refractivity contribution in [2.24, 2.45) is 5.92 Å². The van der Waals surface area contributed by atoms with E-state index in [-0.39, 0.29) is 23.8 Å². The number of nitrogens with zero attached hydrogens (tertiary/aromatic N) is 2. The molecule has 1 saturated heterocycles. The molecule has 1 N–H and O–H groups in total. The van der Waals surface area contributed by atoms with Gasteiger partial charge in [0.25, 0.3) is 0 Å². The number of aliphatic hydroxyl groups excluding tert-OH is 1. The van der Waals surface area contributed by atoms with E-state index in [2.05, 4.69) is 0 Å². The lowest BCUT2D eigenvalue weighted by Gasteiger charge is -2.33. The summed E-state index contributed by atoms with van der Waals surface area (Å²) in [4.78, 5) is 1.64. The minimum Gasteiger partial charge on any atom is -0.396 e. The van der Waals surface area contributed by atoms with Crippen LogP contribution in [0.25, 0.3) is 0 Å². The molecule has 1 aromatic rings. The Hall–Kier alpha value is -1.67. The van der Waals surface area contributed by atoms with Gasteiger partial charge in [0.1, 0.15) is 5.69 Å². The molecule has 3 nitrogen and oxygen atoms in total. The van der Waals surface area contributed by atoms with Gasteiger partial charge in [0.15, 0.2) is 11.6 Å². The van der Waals surface area contributed by atoms with Crippen molar-refractivity contribution in [3.8, 4) is 6.07 Å². The number of rotatable bonds is 2. The Labute approximate surface area is 104 Å². The molecule has 0 unspecified atom stereocenters. The third kappa shape index (κ3) is 2.44. The summed E-state index contributed by atoms with van der Waals surface area (Å²) in [5.74, 6) is -1.19. The predicted octanol–water partition coefficient (Wildman–Crippen LogP) is 2.05. The van der Waals surface area contributed by atoms with Crippen molar-refractivity contribution in [3.63, 3.8) is 0 Å². The van der Waals surface area contributed by atoms with Crippen molar-refractivity contribution >= 4 is 5.69 Å². The summed E-state index contributed by atoms with van der Waals surface area (Å²) >= 11 is 0. The van der Waals surface area contributed by atoms with Gasteiger partial charge in [-0.2, -0.15) is 5.26 Å². The molecule has 1 fully saturated rings. The zero-order valence-electron chi connectivity index (χ0n) is 9.87. The van der Waals surface area contributed by atoms with Gasteiger partial charge in [-0.1, -0.05) is 0 Å². The summed E-state index contributed by atoms with van der Waals surface area (Å²) in [6, 6.07) is 3.83. The molecule has 0 atom stereocenters. The molecule has 5 heteroatoms. The second-order valence-electron chi connectivity index (χ2n) is 4.51. The standard InChI is InChI=1S/C13H14F2N2O/c14-11-5-10(7-16)6-12(15)13(11)17-3-1-9(8-18)2-4-17/h5-6,9,18H,1-4,8H2. The highest BCUT2D eigenvalue weighted by Gasteiger charge is 2.23. The van der Waals surface area contributed by atoms with Crippen LogP contribution in [0.5, 0.6) is 0 Å². The molecule has 0 spiro atoms. The number of anilines is 1. The van der Waals surface area contributed by atoms with Gasteiger partial charge in [-0.15, -0.1) is 0 Å². The Morgan fingerprint density at radius 1 is 1.28 bits per heavy atom. The lowest BCUT2D eigenvalue weighted by atomic mass is 9.97. The van der Waals surface area contributed by atoms with E-state index in [4.69, 9.17) is 10.4 Å². The first-order valence-electron chi connectivity index (χ1n) is 5.90. The number of hydrogen-bond acceptors (Lipinski definition) is 3. The molecular formula is C13H14F2N2O. The average Bonchev–Trinajstić information content (AvgIpc) is 2.38. The Balaban J connectivity index is 2.22. The molecule has 1 heterocycles. The summed E-state index contributed by atoms with van der Waals surface area (Å²) in [7, 11) is 0. The zero-order valence-corrected chi connectivity index (χ0v) is 9.87. The molecule has 1 aliphatic rings. The normalized spacial score (nSPS) is 16.7. The fourth-order valence-corrected chi connectivity index (χ4v) is 2.27. The van der Waals surface area contributed by atoms with Gasteiger partial charge in [0.2, 0.25) is 0 Å².